The summed E-state index contributed by atoms with van der Waals surface area (Å²) in [5.41, 5.74) is 1.35. The molecule has 1 amide bonds. The van der Waals surface area contributed by atoms with Gasteiger partial charge in [0.15, 0.2) is 0 Å². The quantitative estimate of drug-likeness (QED) is 0.823. The molecule has 0 spiro atoms. The van der Waals surface area contributed by atoms with Crippen molar-refractivity contribution in [3.05, 3.63) is 69.6 Å². The van der Waals surface area contributed by atoms with Crippen LogP contribution in [0.4, 0.5) is 0 Å². The summed E-state index contributed by atoms with van der Waals surface area (Å²) in [6.07, 6.45) is 1.43. The number of nitrogens with one attached hydrogen (secondary N) is 2. The first kappa shape index (κ1) is 16.5. The lowest BCUT2D eigenvalue weighted by Gasteiger charge is -2.18. The van der Waals surface area contributed by atoms with E-state index in [1.165, 1.54) is 19.4 Å². The van der Waals surface area contributed by atoms with Gasteiger partial charge in [-0.3, -0.25) is 14.4 Å². The Balaban J connectivity index is 2.25. The number of carbonyl (C=O) groups is 2. The number of H-pyrrole nitrogens is 1. The largest absolute Gasteiger partial charge is 0.469 e. The zero-order chi connectivity index (χ0) is 16.8. The topological polar surface area (TPSA) is 88.3 Å². The second-order valence-corrected chi connectivity index (χ2v) is 5.13. The van der Waals surface area contributed by atoms with Crippen LogP contribution in [0, 0.1) is 6.92 Å². The van der Waals surface area contributed by atoms with E-state index in [2.05, 4.69) is 15.0 Å². The van der Waals surface area contributed by atoms with Gasteiger partial charge in [-0.1, -0.05) is 29.8 Å². The van der Waals surface area contributed by atoms with Crippen molar-refractivity contribution in [3.8, 4) is 0 Å². The fourth-order valence-electron chi connectivity index (χ4n) is 2.14. The fourth-order valence-corrected chi connectivity index (χ4v) is 2.14. The molecule has 0 radical (unpaired) electrons. The summed E-state index contributed by atoms with van der Waals surface area (Å²) in [5, 5.41) is 2.72. The number of pyridine rings is 1. The maximum absolute atomic E-state index is 12.3. The first-order valence-electron chi connectivity index (χ1n) is 7.13. The standard InChI is InChI=1S/C17H18N2O4/c1-11-5-7-12(8-6-11)14(10-15(20)23-2)19-17(22)13-4-3-9-18-16(13)21/h3-9,14H,10H2,1-2H3,(H,18,21)(H,19,22). The van der Waals surface area contributed by atoms with Crippen LogP contribution in [0.2, 0.25) is 0 Å². The lowest BCUT2D eigenvalue weighted by atomic mass is 10.0. The Labute approximate surface area is 133 Å². The molecule has 1 unspecified atom stereocenters. The lowest BCUT2D eigenvalue weighted by Crippen LogP contribution is -2.33. The van der Waals surface area contributed by atoms with Crippen LogP contribution in [-0.2, 0) is 9.53 Å². The van der Waals surface area contributed by atoms with Crippen molar-refractivity contribution in [2.45, 2.75) is 19.4 Å². The predicted molar refractivity (Wildman–Crippen MR) is 85.1 cm³/mol. The van der Waals surface area contributed by atoms with Crippen molar-refractivity contribution in [2.24, 2.45) is 0 Å². The molecule has 120 valence electrons. The van der Waals surface area contributed by atoms with Gasteiger partial charge in [0.05, 0.1) is 19.6 Å². The Bertz CT molecular complexity index is 750. The first-order valence-corrected chi connectivity index (χ1v) is 7.13. The molecule has 1 aromatic carbocycles. The minimum Gasteiger partial charge on any atom is -0.469 e. The number of aromatic amines is 1. The summed E-state index contributed by atoms with van der Waals surface area (Å²) in [6, 6.07) is 9.87. The van der Waals surface area contributed by atoms with Gasteiger partial charge in [0.2, 0.25) is 0 Å². The number of amides is 1. The highest BCUT2D eigenvalue weighted by molar-refractivity contribution is 5.94. The molecule has 23 heavy (non-hydrogen) atoms. The molecule has 2 aromatic rings. The molecule has 0 aliphatic rings. The average Bonchev–Trinajstić information content (AvgIpc) is 2.55. The molecule has 6 nitrogen and oxygen atoms in total. The highest BCUT2D eigenvalue weighted by Crippen LogP contribution is 2.18. The average molecular weight is 314 g/mol. The third kappa shape index (κ3) is 4.29. The molecule has 6 heteroatoms. The van der Waals surface area contributed by atoms with Gasteiger partial charge in [-0.25, -0.2) is 0 Å². The fraction of sp³-hybridized carbons (Fsp3) is 0.235. The van der Waals surface area contributed by atoms with Crippen LogP contribution in [0.3, 0.4) is 0 Å². The van der Waals surface area contributed by atoms with Gasteiger partial charge in [0.25, 0.3) is 11.5 Å². The van der Waals surface area contributed by atoms with Crippen molar-refractivity contribution in [2.75, 3.05) is 7.11 Å². The third-order valence-electron chi connectivity index (χ3n) is 3.45. The minimum atomic E-state index is -0.574. The number of rotatable bonds is 5. The molecule has 0 fully saturated rings. The van der Waals surface area contributed by atoms with Crippen LogP contribution in [0.15, 0.2) is 47.4 Å². The van der Waals surface area contributed by atoms with Crippen LogP contribution in [0.5, 0.6) is 0 Å². The zero-order valence-corrected chi connectivity index (χ0v) is 13.0. The molecule has 2 N–H and O–H groups in total. The second kappa shape index (κ2) is 7.40. The van der Waals surface area contributed by atoms with Crippen molar-refractivity contribution in [1.82, 2.24) is 10.3 Å². The van der Waals surface area contributed by atoms with Crippen molar-refractivity contribution >= 4 is 11.9 Å². The normalized spacial score (nSPS) is 11.6. The number of hydrogen-bond acceptors (Lipinski definition) is 4. The summed E-state index contributed by atoms with van der Waals surface area (Å²) in [6.45, 7) is 1.95. The van der Waals surface area contributed by atoms with Crippen molar-refractivity contribution in [3.63, 3.8) is 0 Å². The molecule has 0 aliphatic heterocycles. The maximum atomic E-state index is 12.3. The number of hydrogen-bond donors (Lipinski definition) is 2. The number of ether oxygens (including phenoxy) is 1. The highest BCUT2D eigenvalue weighted by Gasteiger charge is 2.20. The number of aromatic nitrogens is 1. The molecule has 1 aromatic heterocycles. The lowest BCUT2D eigenvalue weighted by molar-refractivity contribution is -0.141. The van der Waals surface area contributed by atoms with Gasteiger partial charge in [0.1, 0.15) is 5.56 Å². The molecule has 1 heterocycles. The molecule has 0 saturated carbocycles. The first-order chi connectivity index (χ1) is 11.0. The van der Waals surface area contributed by atoms with Gasteiger partial charge in [-0.2, -0.15) is 0 Å². The minimum absolute atomic E-state index is 0.00511. The summed E-state index contributed by atoms with van der Waals surface area (Å²) < 4.78 is 4.68. The van der Waals surface area contributed by atoms with E-state index in [4.69, 9.17) is 0 Å². The van der Waals surface area contributed by atoms with Gasteiger partial charge in [0, 0.05) is 6.20 Å². The van der Waals surface area contributed by atoms with E-state index >= 15 is 0 Å². The summed E-state index contributed by atoms with van der Waals surface area (Å²) in [7, 11) is 1.29. The molecule has 0 aliphatic carbocycles. The van der Waals surface area contributed by atoms with Crippen LogP contribution in [0.25, 0.3) is 0 Å². The summed E-state index contributed by atoms with van der Waals surface area (Å²) in [5.74, 6) is -0.987. The smallest absolute Gasteiger partial charge is 0.307 e. The van der Waals surface area contributed by atoms with Gasteiger partial charge in [-0.05, 0) is 24.6 Å². The van der Waals surface area contributed by atoms with E-state index in [0.29, 0.717) is 0 Å². The molecule has 0 saturated heterocycles. The van der Waals surface area contributed by atoms with E-state index in [1.54, 1.807) is 6.07 Å². The van der Waals surface area contributed by atoms with E-state index in [1.807, 2.05) is 31.2 Å². The molecular weight excluding hydrogens is 296 g/mol. The Morgan fingerprint density at radius 1 is 1.22 bits per heavy atom. The number of carbonyl (C=O) groups excluding carboxylic acids is 2. The van der Waals surface area contributed by atoms with Crippen molar-refractivity contribution in [1.29, 1.82) is 0 Å². The highest BCUT2D eigenvalue weighted by atomic mass is 16.5. The van der Waals surface area contributed by atoms with Gasteiger partial charge >= 0.3 is 5.97 Å². The van der Waals surface area contributed by atoms with E-state index in [9.17, 15) is 14.4 Å². The summed E-state index contributed by atoms with van der Waals surface area (Å²) >= 11 is 0. The monoisotopic (exact) mass is 314 g/mol. The van der Waals surface area contributed by atoms with Gasteiger partial charge < -0.3 is 15.0 Å². The Morgan fingerprint density at radius 2 is 1.91 bits per heavy atom. The number of methoxy groups -OCH3 is 1. The van der Waals surface area contributed by atoms with Crippen molar-refractivity contribution < 1.29 is 14.3 Å². The molecule has 2 rings (SSSR count). The van der Waals surface area contributed by atoms with E-state index in [0.717, 1.165) is 11.1 Å². The number of aryl methyl sites for hydroxylation is 1. The maximum Gasteiger partial charge on any atom is 0.307 e. The SMILES string of the molecule is COC(=O)CC(NC(=O)c1ccc[nH]c1=O)c1ccc(C)cc1. The number of benzene rings is 1. The van der Waals surface area contributed by atoms with Crippen LogP contribution in [-0.4, -0.2) is 24.0 Å². The molecule has 0 bridgehead atoms. The Morgan fingerprint density at radius 3 is 2.52 bits per heavy atom. The van der Waals surface area contributed by atoms with Crippen LogP contribution >= 0.6 is 0 Å². The van der Waals surface area contributed by atoms with Crippen LogP contribution < -0.4 is 10.9 Å². The Hall–Kier alpha value is -2.89. The summed E-state index contributed by atoms with van der Waals surface area (Å²) in [4.78, 5) is 38.0. The Kier molecular flexibility index (Phi) is 5.30. The van der Waals surface area contributed by atoms with E-state index in [-0.39, 0.29) is 12.0 Å². The molecule has 1 atom stereocenters. The second-order valence-electron chi connectivity index (χ2n) is 5.13. The predicted octanol–water partition coefficient (Wildman–Crippen LogP) is 1.72. The van der Waals surface area contributed by atoms with Crippen LogP contribution in [0.1, 0.15) is 33.9 Å². The van der Waals surface area contributed by atoms with E-state index < -0.39 is 23.5 Å². The third-order valence-corrected chi connectivity index (χ3v) is 3.45. The van der Waals surface area contributed by atoms with Gasteiger partial charge in [-0.15, -0.1) is 0 Å². The zero-order valence-electron chi connectivity index (χ0n) is 13.0. The molecular formula is C17H18N2O4. The number of esters is 1.